The SMILES string of the molecule is CC(C(=O)[O-])c1ccc2oc3ccccc3c(=O)c2c1.CC(C)N=C(N)NC(N(C)C)=[N+](C)C. The molecule has 0 saturated heterocycles. The zero-order valence-corrected chi connectivity index (χ0v) is 20.7. The third-order valence-electron chi connectivity index (χ3n) is 4.94. The highest BCUT2D eigenvalue weighted by Crippen LogP contribution is 2.22. The molecule has 34 heavy (non-hydrogen) atoms. The van der Waals surface area contributed by atoms with Crippen LogP contribution in [0.4, 0.5) is 0 Å². The number of nitrogens with two attached hydrogens (primary N) is 1. The van der Waals surface area contributed by atoms with Gasteiger partial charge in [-0.05, 0) is 43.7 Å². The molecule has 1 aromatic heterocycles. The number of carbonyl (C=O) groups is 1. The van der Waals surface area contributed by atoms with Crippen LogP contribution in [0.15, 0.2) is 56.7 Å². The third kappa shape index (κ3) is 6.57. The van der Waals surface area contributed by atoms with E-state index in [9.17, 15) is 14.7 Å². The van der Waals surface area contributed by atoms with Crippen LogP contribution < -0.4 is 21.6 Å². The van der Waals surface area contributed by atoms with E-state index in [1.165, 1.54) is 6.92 Å². The van der Waals surface area contributed by atoms with Crippen molar-refractivity contribution in [3.05, 3.63) is 58.3 Å². The molecular formula is C25H33N5O4. The van der Waals surface area contributed by atoms with E-state index in [0.717, 1.165) is 5.96 Å². The van der Waals surface area contributed by atoms with Gasteiger partial charge >= 0.3 is 5.96 Å². The van der Waals surface area contributed by atoms with Crippen molar-refractivity contribution >= 4 is 39.8 Å². The molecule has 1 atom stereocenters. The summed E-state index contributed by atoms with van der Waals surface area (Å²) in [6, 6.07) is 12.0. The topological polar surface area (TPSA) is 127 Å². The Balaban J connectivity index is 0.000000259. The molecule has 0 spiro atoms. The molecule has 0 aliphatic heterocycles. The number of hydrogen-bond acceptors (Lipinski definition) is 5. The van der Waals surface area contributed by atoms with Crippen LogP contribution in [-0.2, 0) is 4.79 Å². The Morgan fingerprint density at radius 2 is 1.71 bits per heavy atom. The number of aliphatic carboxylic acids is 1. The molecule has 0 fully saturated rings. The minimum atomic E-state index is -1.17. The van der Waals surface area contributed by atoms with Crippen LogP contribution in [0.1, 0.15) is 32.3 Å². The first-order valence-corrected chi connectivity index (χ1v) is 10.9. The predicted octanol–water partition coefficient (Wildman–Crippen LogP) is 1.29. The van der Waals surface area contributed by atoms with E-state index >= 15 is 0 Å². The summed E-state index contributed by atoms with van der Waals surface area (Å²) in [5, 5.41) is 14.8. The average Bonchev–Trinajstić information content (AvgIpc) is 2.76. The summed E-state index contributed by atoms with van der Waals surface area (Å²) in [7, 11) is 7.80. The lowest BCUT2D eigenvalue weighted by molar-refractivity contribution is -0.471. The lowest BCUT2D eigenvalue weighted by Gasteiger charge is -2.13. The van der Waals surface area contributed by atoms with Crippen LogP contribution in [0, 0.1) is 0 Å². The van der Waals surface area contributed by atoms with Gasteiger partial charge in [-0.2, -0.15) is 0 Å². The Hall–Kier alpha value is -3.88. The number of carbonyl (C=O) groups excluding carboxylic acids is 1. The average molecular weight is 468 g/mol. The number of carboxylic acid groups (broad SMARTS) is 1. The van der Waals surface area contributed by atoms with Gasteiger partial charge in [0, 0.05) is 17.9 Å². The molecule has 0 bridgehead atoms. The lowest BCUT2D eigenvalue weighted by Crippen LogP contribution is -2.48. The lowest BCUT2D eigenvalue weighted by atomic mass is 9.99. The Morgan fingerprint density at radius 1 is 1.09 bits per heavy atom. The van der Waals surface area contributed by atoms with Crippen molar-refractivity contribution in [2.75, 3.05) is 28.2 Å². The summed E-state index contributed by atoms with van der Waals surface area (Å²) in [6.07, 6.45) is 0. The van der Waals surface area contributed by atoms with Gasteiger partial charge in [-0.25, -0.2) is 10.3 Å². The first-order valence-electron chi connectivity index (χ1n) is 10.9. The molecule has 3 aromatic rings. The fraction of sp³-hybridized carbons (Fsp3) is 0.360. The van der Waals surface area contributed by atoms with E-state index in [-0.39, 0.29) is 11.5 Å². The summed E-state index contributed by atoms with van der Waals surface area (Å²) in [5.41, 5.74) is 7.05. The molecule has 182 valence electrons. The van der Waals surface area contributed by atoms with Gasteiger partial charge in [-0.15, -0.1) is 0 Å². The van der Waals surface area contributed by atoms with Crippen molar-refractivity contribution in [1.29, 1.82) is 0 Å². The van der Waals surface area contributed by atoms with Gasteiger partial charge in [0.1, 0.15) is 11.2 Å². The Bertz CT molecular complexity index is 1290. The van der Waals surface area contributed by atoms with E-state index in [4.69, 9.17) is 10.2 Å². The summed E-state index contributed by atoms with van der Waals surface area (Å²) < 4.78 is 7.61. The third-order valence-corrected chi connectivity index (χ3v) is 4.94. The van der Waals surface area contributed by atoms with Crippen LogP contribution in [-0.4, -0.2) is 61.6 Å². The number of aliphatic imine (C=N–C) groups is 1. The number of nitrogens with zero attached hydrogens (tertiary/aromatic N) is 3. The number of carboxylic acids is 1. The van der Waals surface area contributed by atoms with Crippen LogP contribution in [0.25, 0.3) is 21.9 Å². The fourth-order valence-corrected chi connectivity index (χ4v) is 3.27. The minimum absolute atomic E-state index is 0.158. The highest BCUT2D eigenvalue weighted by Gasteiger charge is 2.13. The maximum atomic E-state index is 12.4. The van der Waals surface area contributed by atoms with Gasteiger partial charge in [0.2, 0.25) is 5.43 Å². The van der Waals surface area contributed by atoms with Crippen LogP contribution in [0.3, 0.4) is 0 Å². The molecule has 0 aliphatic rings. The second kappa shape index (κ2) is 11.3. The molecule has 9 heteroatoms. The first-order chi connectivity index (χ1) is 15.9. The standard InChI is InChI=1S/C16H12O4.C9H21N5/c1-9(16(18)19)10-6-7-14-12(8-10)15(17)11-4-2-3-5-13(11)20-14;1-7(2)11-8(10)12-9(13(3)4)14(5)6/h2-9H,1H3,(H,18,19);7H,1-6H3,(H2,10,11). The maximum Gasteiger partial charge on any atom is 0.354 e. The molecule has 9 nitrogen and oxygen atoms in total. The molecule has 0 radical (unpaired) electrons. The summed E-state index contributed by atoms with van der Waals surface area (Å²) in [5.74, 6) is -0.593. The number of benzene rings is 2. The zero-order valence-electron chi connectivity index (χ0n) is 20.7. The van der Waals surface area contributed by atoms with Gasteiger partial charge in [-0.1, -0.05) is 25.1 Å². The number of guanidine groups is 2. The van der Waals surface area contributed by atoms with Crippen LogP contribution in [0.5, 0.6) is 0 Å². The second-order valence-corrected chi connectivity index (χ2v) is 8.57. The highest BCUT2D eigenvalue weighted by molar-refractivity contribution is 5.95. The largest absolute Gasteiger partial charge is 0.550 e. The quantitative estimate of drug-likeness (QED) is 0.257. The van der Waals surface area contributed by atoms with Crippen molar-refractivity contribution in [1.82, 2.24) is 10.2 Å². The number of hydrogen-bond donors (Lipinski definition) is 2. The molecule has 0 saturated carbocycles. The van der Waals surface area contributed by atoms with Crippen molar-refractivity contribution < 1.29 is 18.9 Å². The van der Waals surface area contributed by atoms with Crippen molar-refractivity contribution in [2.45, 2.75) is 32.7 Å². The number of nitrogens with one attached hydrogen (secondary N) is 1. The van der Waals surface area contributed by atoms with Gasteiger partial charge in [0.05, 0.1) is 39.0 Å². The Morgan fingerprint density at radius 3 is 2.26 bits per heavy atom. The van der Waals surface area contributed by atoms with Crippen molar-refractivity contribution in [2.24, 2.45) is 10.7 Å². The molecule has 2 aromatic carbocycles. The minimum Gasteiger partial charge on any atom is -0.550 e. The smallest absolute Gasteiger partial charge is 0.354 e. The normalized spacial score (nSPS) is 12.2. The van der Waals surface area contributed by atoms with Gasteiger partial charge in [0.15, 0.2) is 0 Å². The molecule has 0 amide bonds. The molecule has 3 rings (SSSR count). The van der Waals surface area contributed by atoms with Crippen LogP contribution >= 0.6 is 0 Å². The van der Waals surface area contributed by atoms with E-state index < -0.39 is 11.9 Å². The summed E-state index contributed by atoms with van der Waals surface area (Å²) >= 11 is 0. The highest BCUT2D eigenvalue weighted by atomic mass is 16.4. The predicted molar refractivity (Wildman–Crippen MR) is 134 cm³/mol. The van der Waals surface area contributed by atoms with Gasteiger partial charge in [-0.3, -0.25) is 14.3 Å². The van der Waals surface area contributed by atoms with Gasteiger partial charge in [0.25, 0.3) is 5.96 Å². The van der Waals surface area contributed by atoms with Gasteiger partial charge < -0.3 is 20.1 Å². The fourth-order valence-electron chi connectivity index (χ4n) is 3.27. The second-order valence-electron chi connectivity index (χ2n) is 8.57. The number of para-hydroxylation sites is 1. The van der Waals surface area contributed by atoms with Crippen molar-refractivity contribution in [3.8, 4) is 0 Å². The maximum absolute atomic E-state index is 12.4. The molecule has 1 heterocycles. The van der Waals surface area contributed by atoms with Crippen LogP contribution in [0.2, 0.25) is 0 Å². The van der Waals surface area contributed by atoms with E-state index in [0.29, 0.717) is 33.5 Å². The number of fused-ring (bicyclic) bond motifs is 2. The number of rotatable bonds is 3. The van der Waals surface area contributed by atoms with E-state index in [1.54, 1.807) is 42.5 Å². The first kappa shape index (κ1) is 26.4. The Kier molecular flexibility index (Phi) is 8.77. The Labute approximate surface area is 199 Å². The molecule has 3 N–H and O–H groups in total. The summed E-state index contributed by atoms with van der Waals surface area (Å²) in [6.45, 7) is 5.50. The zero-order chi connectivity index (χ0) is 25.6. The van der Waals surface area contributed by atoms with Crippen molar-refractivity contribution in [3.63, 3.8) is 0 Å². The van der Waals surface area contributed by atoms with E-state index in [2.05, 4.69) is 10.3 Å². The monoisotopic (exact) mass is 467 g/mol. The summed E-state index contributed by atoms with van der Waals surface area (Å²) in [4.78, 5) is 29.5. The molecule has 1 unspecified atom stereocenters. The molecular weight excluding hydrogens is 434 g/mol. The van der Waals surface area contributed by atoms with E-state index in [1.807, 2.05) is 51.5 Å². The molecule has 0 aliphatic carbocycles.